The molecule has 2 aliphatic rings. The summed E-state index contributed by atoms with van der Waals surface area (Å²) in [6.07, 6.45) is 0.271. The number of carbonyl (C=O) groups is 2. The molecule has 2 aromatic carbocycles. The fourth-order valence-corrected chi connectivity index (χ4v) is 4.57. The minimum absolute atomic E-state index is 0.0979. The highest BCUT2D eigenvalue weighted by atomic mass is 79.9. The largest absolute Gasteiger partial charge is 0.359 e. The third-order valence-electron chi connectivity index (χ3n) is 5.30. The van der Waals surface area contributed by atoms with Crippen LogP contribution in [0.5, 0.6) is 0 Å². The minimum Gasteiger partial charge on any atom is -0.359 e. The fraction of sp³-hybridized carbons (Fsp3) is 0.300. The number of anilines is 2. The van der Waals surface area contributed by atoms with Crippen LogP contribution in [0.15, 0.2) is 53.0 Å². The Morgan fingerprint density at radius 3 is 2.48 bits per heavy atom. The molecule has 0 unspecified atom stereocenters. The van der Waals surface area contributed by atoms with E-state index < -0.39 is 0 Å². The molecule has 0 bridgehead atoms. The third-order valence-corrected chi connectivity index (χ3v) is 6.12. The Balaban J connectivity index is 1.45. The predicted octanol–water partition coefficient (Wildman–Crippen LogP) is 2.14. The van der Waals surface area contributed by atoms with E-state index in [4.69, 9.17) is 11.6 Å². The van der Waals surface area contributed by atoms with Gasteiger partial charge in [0.2, 0.25) is 5.91 Å². The summed E-state index contributed by atoms with van der Waals surface area (Å²) in [5.74, 6) is -0.219. The van der Waals surface area contributed by atoms with E-state index in [2.05, 4.69) is 20.8 Å². The number of carbonyl (C=O) groups excluding carboxylic acids is 2. The highest BCUT2D eigenvalue weighted by Crippen LogP contribution is 2.26. The number of nitrogens with one attached hydrogen (secondary N) is 1. The second-order valence-corrected chi connectivity index (χ2v) is 8.22. The van der Waals surface area contributed by atoms with Gasteiger partial charge in [-0.15, -0.1) is 0 Å². The lowest BCUT2D eigenvalue weighted by molar-refractivity contribution is -0.915. The number of nitrogens with zero attached hydrogens (tertiary/aromatic N) is 2. The Morgan fingerprint density at radius 1 is 1.04 bits per heavy atom. The molecule has 2 aromatic rings. The maximum atomic E-state index is 13.0. The SMILES string of the molecule is O=C1C[C@H]([NH+]2CCN(c3ccccc3Cl)CC2)C(=O)N1c1cccc(Br)c1. The highest BCUT2D eigenvalue weighted by molar-refractivity contribution is 9.10. The van der Waals surface area contributed by atoms with Crippen molar-refractivity contribution in [2.45, 2.75) is 12.5 Å². The molecule has 2 amide bonds. The van der Waals surface area contributed by atoms with Gasteiger partial charge in [-0.2, -0.15) is 0 Å². The van der Waals surface area contributed by atoms with Crippen molar-refractivity contribution in [3.63, 3.8) is 0 Å². The number of imide groups is 1. The van der Waals surface area contributed by atoms with Crippen LogP contribution in [-0.4, -0.2) is 44.0 Å². The van der Waals surface area contributed by atoms with Crippen LogP contribution in [0.4, 0.5) is 11.4 Å². The van der Waals surface area contributed by atoms with Crippen molar-refractivity contribution in [1.82, 2.24) is 0 Å². The molecule has 0 aliphatic carbocycles. The lowest BCUT2D eigenvalue weighted by atomic mass is 10.1. The van der Waals surface area contributed by atoms with Gasteiger partial charge in [0.05, 0.1) is 49.0 Å². The third kappa shape index (κ3) is 3.61. The molecular weight excluding hydrogens is 430 g/mol. The van der Waals surface area contributed by atoms with E-state index in [-0.39, 0.29) is 24.3 Å². The fourth-order valence-electron chi connectivity index (χ4n) is 3.93. The Morgan fingerprint density at radius 2 is 1.78 bits per heavy atom. The van der Waals surface area contributed by atoms with Crippen LogP contribution >= 0.6 is 27.5 Å². The van der Waals surface area contributed by atoms with E-state index in [1.807, 2.05) is 42.5 Å². The normalized spacial score (nSPS) is 21.2. The molecule has 2 fully saturated rings. The maximum Gasteiger partial charge on any atom is 0.292 e. The van der Waals surface area contributed by atoms with Gasteiger partial charge in [-0.05, 0) is 30.3 Å². The van der Waals surface area contributed by atoms with Gasteiger partial charge in [0.1, 0.15) is 0 Å². The summed E-state index contributed by atoms with van der Waals surface area (Å²) in [6.45, 7) is 3.24. The summed E-state index contributed by atoms with van der Waals surface area (Å²) < 4.78 is 0.852. The summed E-state index contributed by atoms with van der Waals surface area (Å²) in [4.78, 5) is 30.3. The number of halogens is 2. The minimum atomic E-state index is -0.301. The molecule has 0 saturated carbocycles. The number of hydrogen-bond acceptors (Lipinski definition) is 3. The predicted molar refractivity (Wildman–Crippen MR) is 109 cm³/mol. The Bertz CT molecular complexity index is 883. The van der Waals surface area contributed by atoms with E-state index in [0.717, 1.165) is 41.4 Å². The van der Waals surface area contributed by atoms with Crippen LogP contribution < -0.4 is 14.7 Å². The first-order valence-electron chi connectivity index (χ1n) is 9.01. The van der Waals surface area contributed by atoms with E-state index in [1.54, 1.807) is 6.07 Å². The average molecular weight is 450 g/mol. The molecule has 2 aliphatic heterocycles. The van der Waals surface area contributed by atoms with Crippen molar-refractivity contribution < 1.29 is 14.5 Å². The first-order valence-corrected chi connectivity index (χ1v) is 10.2. The number of hydrogen-bond donors (Lipinski definition) is 1. The molecule has 27 heavy (non-hydrogen) atoms. The summed E-state index contributed by atoms with van der Waals surface area (Å²) >= 11 is 9.71. The standard InChI is InChI=1S/C20H19BrClN3O2/c21-14-4-3-5-15(12-14)25-19(26)13-18(20(25)27)24-10-8-23(9-11-24)17-7-2-1-6-16(17)22/h1-7,12,18H,8-11,13H2/p+1/t18-/m0/s1. The van der Waals surface area contributed by atoms with Gasteiger partial charge in [0.15, 0.2) is 6.04 Å². The Hall–Kier alpha value is -1.89. The monoisotopic (exact) mass is 448 g/mol. The van der Waals surface area contributed by atoms with Crippen LogP contribution in [0.25, 0.3) is 0 Å². The van der Waals surface area contributed by atoms with Gasteiger partial charge in [0.25, 0.3) is 5.91 Å². The number of quaternary nitrogens is 1. The molecule has 1 atom stereocenters. The zero-order valence-corrected chi connectivity index (χ0v) is 17.0. The van der Waals surface area contributed by atoms with Crippen molar-refractivity contribution in [3.8, 4) is 0 Å². The summed E-state index contributed by atoms with van der Waals surface area (Å²) in [6, 6.07) is 14.8. The van der Waals surface area contributed by atoms with Crippen molar-refractivity contribution >= 4 is 50.7 Å². The summed E-state index contributed by atoms with van der Waals surface area (Å²) in [5.41, 5.74) is 1.67. The van der Waals surface area contributed by atoms with E-state index in [1.165, 1.54) is 9.80 Å². The lowest BCUT2D eigenvalue weighted by Crippen LogP contribution is -3.19. The molecule has 4 rings (SSSR count). The zero-order valence-electron chi connectivity index (χ0n) is 14.7. The molecule has 7 heteroatoms. The number of benzene rings is 2. The van der Waals surface area contributed by atoms with Crippen molar-refractivity contribution in [3.05, 3.63) is 58.0 Å². The van der Waals surface area contributed by atoms with E-state index in [0.29, 0.717) is 5.69 Å². The molecule has 1 N–H and O–H groups in total. The molecular formula is C20H20BrClN3O2+. The zero-order chi connectivity index (χ0) is 19.0. The van der Waals surface area contributed by atoms with Gasteiger partial charge in [-0.25, -0.2) is 4.90 Å². The summed E-state index contributed by atoms with van der Waals surface area (Å²) in [5, 5.41) is 0.744. The molecule has 0 spiro atoms. The first kappa shape index (κ1) is 18.5. The average Bonchev–Trinajstić information content (AvgIpc) is 2.96. The van der Waals surface area contributed by atoms with E-state index >= 15 is 0 Å². The van der Waals surface area contributed by atoms with E-state index in [9.17, 15) is 9.59 Å². The molecule has 2 heterocycles. The number of rotatable bonds is 3. The molecule has 5 nitrogen and oxygen atoms in total. The molecule has 0 radical (unpaired) electrons. The van der Waals surface area contributed by atoms with Crippen LogP contribution in [0.3, 0.4) is 0 Å². The quantitative estimate of drug-likeness (QED) is 0.730. The maximum absolute atomic E-state index is 13.0. The highest BCUT2D eigenvalue weighted by Gasteiger charge is 2.46. The Kier molecular flexibility index (Phi) is 5.21. The van der Waals surface area contributed by atoms with Crippen molar-refractivity contribution in [2.24, 2.45) is 0 Å². The summed E-state index contributed by atoms with van der Waals surface area (Å²) in [7, 11) is 0. The topological polar surface area (TPSA) is 45.1 Å². The van der Waals surface area contributed by atoms with Crippen molar-refractivity contribution in [1.29, 1.82) is 0 Å². The smallest absolute Gasteiger partial charge is 0.292 e. The van der Waals surface area contributed by atoms with Gasteiger partial charge in [0, 0.05) is 4.47 Å². The van der Waals surface area contributed by atoms with Gasteiger partial charge in [-0.1, -0.05) is 45.7 Å². The van der Waals surface area contributed by atoms with Crippen molar-refractivity contribution in [2.75, 3.05) is 36.0 Å². The molecule has 140 valence electrons. The van der Waals surface area contributed by atoms with Crippen LogP contribution in [-0.2, 0) is 9.59 Å². The number of para-hydroxylation sites is 1. The van der Waals surface area contributed by atoms with Gasteiger partial charge >= 0.3 is 0 Å². The van der Waals surface area contributed by atoms with Crippen LogP contribution in [0.1, 0.15) is 6.42 Å². The number of piperazine rings is 1. The lowest BCUT2D eigenvalue weighted by Gasteiger charge is -2.36. The molecule has 2 saturated heterocycles. The Labute approximate surface area is 171 Å². The number of amides is 2. The van der Waals surface area contributed by atoms with Gasteiger partial charge < -0.3 is 9.80 Å². The second-order valence-electron chi connectivity index (χ2n) is 6.90. The molecule has 0 aromatic heterocycles. The van der Waals surface area contributed by atoms with Crippen LogP contribution in [0.2, 0.25) is 5.02 Å². The van der Waals surface area contributed by atoms with Crippen LogP contribution in [0, 0.1) is 0 Å². The second kappa shape index (κ2) is 7.62. The first-order chi connectivity index (χ1) is 13.0. The van der Waals surface area contributed by atoms with Gasteiger partial charge in [-0.3, -0.25) is 9.59 Å².